The third kappa shape index (κ3) is 3.51. The van der Waals surface area contributed by atoms with E-state index in [1.165, 1.54) is 0 Å². The maximum Gasteiger partial charge on any atom is 0.267 e. The molecule has 6 heteroatoms. The van der Waals surface area contributed by atoms with E-state index in [1.54, 1.807) is 36.1 Å². The summed E-state index contributed by atoms with van der Waals surface area (Å²) in [6.45, 7) is 2.00. The number of nitrogens with zero attached hydrogens (tertiary/aromatic N) is 1. The molecule has 2 aromatic rings. The minimum absolute atomic E-state index is 0.145. The first-order valence-electron chi connectivity index (χ1n) is 7.67. The van der Waals surface area contributed by atoms with Crippen LogP contribution in [-0.2, 0) is 9.59 Å². The molecule has 1 aliphatic heterocycles. The molecule has 0 spiro atoms. The van der Waals surface area contributed by atoms with Gasteiger partial charge in [0.2, 0.25) is 5.91 Å². The van der Waals surface area contributed by atoms with Gasteiger partial charge >= 0.3 is 0 Å². The Hall–Kier alpha value is -2.53. The molecule has 1 unspecified atom stereocenters. The molecule has 1 N–H and O–H groups in total. The zero-order valence-corrected chi connectivity index (χ0v) is 13.9. The van der Waals surface area contributed by atoms with Crippen LogP contribution >= 0.6 is 11.6 Å². The van der Waals surface area contributed by atoms with Crippen molar-refractivity contribution < 1.29 is 14.3 Å². The van der Waals surface area contributed by atoms with Gasteiger partial charge in [0.1, 0.15) is 5.75 Å². The number of amides is 2. The standard InChI is InChI=1S/C18H17ClN2O3/c1-12-18(23)21(15-4-2-3-5-16(15)24-12)11-10-17(22)20-14-8-6-13(19)7-9-14/h2-9,12H,10-11H2,1H3,(H,20,22). The summed E-state index contributed by atoms with van der Waals surface area (Å²) < 4.78 is 5.58. The molecule has 1 heterocycles. The normalized spacial score (nSPS) is 16.3. The SMILES string of the molecule is CC1Oc2ccccc2N(CCC(=O)Nc2ccc(Cl)cc2)C1=O. The zero-order valence-electron chi connectivity index (χ0n) is 13.2. The average molecular weight is 345 g/mol. The lowest BCUT2D eigenvalue weighted by Crippen LogP contribution is -2.45. The summed E-state index contributed by atoms with van der Waals surface area (Å²) in [5.41, 5.74) is 1.37. The first-order valence-corrected chi connectivity index (χ1v) is 8.05. The summed E-state index contributed by atoms with van der Waals surface area (Å²) in [7, 11) is 0. The average Bonchev–Trinajstić information content (AvgIpc) is 2.57. The van der Waals surface area contributed by atoms with E-state index in [-0.39, 0.29) is 18.2 Å². The Bertz CT molecular complexity index is 761. The van der Waals surface area contributed by atoms with Gasteiger partial charge in [0, 0.05) is 23.7 Å². The van der Waals surface area contributed by atoms with Gasteiger partial charge in [-0.3, -0.25) is 9.59 Å². The van der Waals surface area contributed by atoms with Crippen LogP contribution in [-0.4, -0.2) is 24.5 Å². The second-order valence-corrected chi connectivity index (χ2v) is 5.96. The van der Waals surface area contributed by atoms with Gasteiger partial charge in [-0.15, -0.1) is 0 Å². The summed E-state index contributed by atoms with van der Waals surface area (Å²) in [5, 5.41) is 3.40. The highest BCUT2D eigenvalue weighted by Crippen LogP contribution is 2.33. The number of benzene rings is 2. The predicted molar refractivity (Wildman–Crippen MR) is 93.6 cm³/mol. The number of hydrogen-bond acceptors (Lipinski definition) is 3. The molecular weight excluding hydrogens is 328 g/mol. The second-order valence-electron chi connectivity index (χ2n) is 5.52. The molecule has 1 atom stereocenters. The molecule has 1 aliphatic rings. The molecule has 2 amide bonds. The largest absolute Gasteiger partial charge is 0.479 e. The molecule has 5 nitrogen and oxygen atoms in total. The van der Waals surface area contributed by atoms with Crippen LogP contribution in [0.1, 0.15) is 13.3 Å². The lowest BCUT2D eigenvalue weighted by molar-refractivity contribution is -0.125. The molecule has 0 aliphatic carbocycles. The molecule has 0 saturated carbocycles. The topological polar surface area (TPSA) is 58.6 Å². The van der Waals surface area contributed by atoms with E-state index < -0.39 is 6.10 Å². The van der Waals surface area contributed by atoms with Crippen LogP contribution in [0.2, 0.25) is 5.02 Å². The Labute approximate surface area is 145 Å². The van der Waals surface area contributed by atoms with Crippen LogP contribution in [0.15, 0.2) is 48.5 Å². The zero-order chi connectivity index (χ0) is 17.1. The molecule has 124 valence electrons. The lowest BCUT2D eigenvalue weighted by atomic mass is 10.1. The third-order valence-corrected chi connectivity index (χ3v) is 4.02. The number of carbonyl (C=O) groups is 2. The van der Waals surface area contributed by atoms with Crippen molar-refractivity contribution in [2.75, 3.05) is 16.8 Å². The first kappa shape index (κ1) is 16.3. The fourth-order valence-electron chi connectivity index (χ4n) is 2.56. The first-order chi connectivity index (χ1) is 11.5. The van der Waals surface area contributed by atoms with Gasteiger partial charge in [-0.2, -0.15) is 0 Å². The van der Waals surface area contributed by atoms with Gasteiger partial charge in [0.15, 0.2) is 6.10 Å². The second kappa shape index (κ2) is 6.93. The van der Waals surface area contributed by atoms with E-state index in [0.717, 1.165) is 0 Å². The summed E-state index contributed by atoms with van der Waals surface area (Å²) >= 11 is 5.82. The van der Waals surface area contributed by atoms with Crippen LogP contribution < -0.4 is 15.0 Å². The molecule has 0 saturated heterocycles. The summed E-state index contributed by atoms with van der Waals surface area (Å²) in [6.07, 6.45) is -0.366. The fourth-order valence-corrected chi connectivity index (χ4v) is 2.69. The number of carbonyl (C=O) groups excluding carboxylic acids is 2. The van der Waals surface area contributed by atoms with E-state index in [0.29, 0.717) is 28.7 Å². The minimum Gasteiger partial charge on any atom is -0.479 e. The Kier molecular flexibility index (Phi) is 4.71. The van der Waals surface area contributed by atoms with Crippen LogP contribution in [0.3, 0.4) is 0 Å². The maximum absolute atomic E-state index is 12.4. The lowest BCUT2D eigenvalue weighted by Gasteiger charge is -2.32. The predicted octanol–water partition coefficient (Wildman–Crippen LogP) is 3.48. The number of nitrogens with one attached hydrogen (secondary N) is 1. The monoisotopic (exact) mass is 344 g/mol. The van der Waals surface area contributed by atoms with E-state index >= 15 is 0 Å². The molecular formula is C18H17ClN2O3. The van der Waals surface area contributed by atoms with E-state index in [9.17, 15) is 9.59 Å². The molecule has 0 radical (unpaired) electrons. The molecule has 2 aromatic carbocycles. The number of hydrogen-bond donors (Lipinski definition) is 1. The van der Waals surface area contributed by atoms with Crippen molar-refractivity contribution >= 4 is 34.8 Å². The Morgan fingerprint density at radius 2 is 1.92 bits per heavy atom. The van der Waals surface area contributed by atoms with E-state index in [2.05, 4.69) is 5.32 Å². The summed E-state index contributed by atoms with van der Waals surface area (Å²) in [4.78, 5) is 26.1. The van der Waals surface area contributed by atoms with Crippen molar-refractivity contribution in [1.29, 1.82) is 0 Å². The van der Waals surface area contributed by atoms with Crippen LogP contribution in [0, 0.1) is 0 Å². The number of para-hydroxylation sites is 2. The van der Waals surface area contributed by atoms with Gasteiger partial charge in [-0.1, -0.05) is 23.7 Å². The van der Waals surface area contributed by atoms with Crippen molar-refractivity contribution in [2.24, 2.45) is 0 Å². The van der Waals surface area contributed by atoms with E-state index in [1.807, 2.05) is 24.3 Å². The van der Waals surface area contributed by atoms with Crippen LogP contribution in [0.4, 0.5) is 11.4 Å². The van der Waals surface area contributed by atoms with Gasteiger partial charge < -0.3 is 15.0 Å². The van der Waals surface area contributed by atoms with Gasteiger partial charge in [0.25, 0.3) is 5.91 Å². The quantitative estimate of drug-likeness (QED) is 0.923. The van der Waals surface area contributed by atoms with Gasteiger partial charge in [-0.25, -0.2) is 0 Å². The van der Waals surface area contributed by atoms with Gasteiger partial charge in [-0.05, 0) is 43.3 Å². The Morgan fingerprint density at radius 1 is 1.21 bits per heavy atom. The fraction of sp³-hybridized carbons (Fsp3) is 0.222. The Balaban J connectivity index is 1.66. The molecule has 0 fully saturated rings. The highest BCUT2D eigenvalue weighted by Gasteiger charge is 2.31. The Morgan fingerprint density at radius 3 is 2.67 bits per heavy atom. The molecule has 0 bridgehead atoms. The molecule has 0 aromatic heterocycles. The summed E-state index contributed by atoms with van der Waals surface area (Å²) in [6, 6.07) is 14.2. The van der Waals surface area contributed by atoms with Crippen molar-refractivity contribution in [2.45, 2.75) is 19.4 Å². The maximum atomic E-state index is 12.4. The number of halogens is 1. The molecule has 24 heavy (non-hydrogen) atoms. The van der Waals surface area contributed by atoms with Crippen molar-refractivity contribution in [3.05, 3.63) is 53.6 Å². The smallest absolute Gasteiger partial charge is 0.267 e. The highest BCUT2D eigenvalue weighted by atomic mass is 35.5. The van der Waals surface area contributed by atoms with Crippen molar-refractivity contribution in [1.82, 2.24) is 0 Å². The minimum atomic E-state index is -0.556. The van der Waals surface area contributed by atoms with Crippen LogP contribution in [0.5, 0.6) is 5.75 Å². The summed E-state index contributed by atoms with van der Waals surface area (Å²) in [5.74, 6) is 0.345. The number of rotatable bonds is 4. The van der Waals surface area contributed by atoms with Crippen LogP contribution in [0.25, 0.3) is 0 Å². The van der Waals surface area contributed by atoms with E-state index in [4.69, 9.17) is 16.3 Å². The highest BCUT2D eigenvalue weighted by molar-refractivity contribution is 6.30. The number of anilines is 2. The number of fused-ring (bicyclic) bond motifs is 1. The molecule has 3 rings (SSSR count). The number of ether oxygens (including phenoxy) is 1. The third-order valence-electron chi connectivity index (χ3n) is 3.76. The van der Waals surface area contributed by atoms with Gasteiger partial charge in [0.05, 0.1) is 5.69 Å². The van der Waals surface area contributed by atoms with Crippen molar-refractivity contribution in [3.8, 4) is 5.75 Å². The van der Waals surface area contributed by atoms with Crippen molar-refractivity contribution in [3.63, 3.8) is 0 Å².